The number of nitrogens with one attached hydrogen (secondary N) is 2. The summed E-state index contributed by atoms with van der Waals surface area (Å²) in [5.74, 6) is 0. The van der Waals surface area contributed by atoms with Crippen LogP contribution in [0, 0.1) is 13.8 Å². The second kappa shape index (κ2) is 14.2. The van der Waals surface area contributed by atoms with Crippen LogP contribution in [0.3, 0.4) is 0 Å². The summed E-state index contributed by atoms with van der Waals surface area (Å²) in [6, 6.07) is 34.3. The maximum Gasteiger partial charge on any atom is 0.209 e. The van der Waals surface area contributed by atoms with Gasteiger partial charge in [0.05, 0.1) is 10.8 Å². The second-order valence-electron chi connectivity index (χ2n) is 14.7. The van der Waals surface area contributed by atoms with E-state index in [1.165, 1.54) is 78.2 Å². The quantitative estimate of drug-likeness (QED) is 0.107. The molecule has 0 unspecified atom stereocenters. The molecule has 2 aliphatic rings. The minimum atomic E-state index is -5.17. The lowest BCUT2D eigenvalue weighted by molar-refractivity contribution is -0.401. The molecule has 0 spiro atoms. The highest BCUT2D eigenvalue weighted by atomic mass is 32.3. The fourth-order valence-electron chi connectivity index (χ4n) is 7.95. The zero-order valence-corrected chi connectivity index (χ0v) is 32.3. The lowest BCUT2D eigenvalue weighted by Gasteiger charge is -2.15. The molecule has 0 saturated carbocycles. The van der Waals surface area contributed by atoms with Gasteiger partial charge in [-0.25, -0.2) is 0 Å². The van der Waals surface area contributed by atoms with Crippen LogP contribution in [-0.2, 0) is 21.2 Å². The lowest BCUT2D eigenvalue weighted by atomic mass is 9.81. The number of nitrogens with zero attached hydrogens (tertiary/aromatic N) is 2. The van der Waals surface area contributed by atoms with Gasteiger partial charge < -0.3 is 19.1 Å². The molecule has 8 rings (SSSR count). The summed E-state index contributed by atoms with van der Waals surface area (Å²) in [5.41, 5.74) is 15.4. The van der Waals surface area contributed by atoms with Crippen molar-refractivity contribution < 1.29 is 26.7 Å². The molecule has 0 aliphatic carbocycles. The van der Waals surface area contributed by atoms with Crippen molar-refractivity contribution >= 4 is 67.2 Å². The molecule has 4 heterocycles. The van der Waals surface area contributed by atoms with E-state index in [4.69, 9.17) is 17.5 Å². The molecule has 2 N–H and O–H groups in total. The Balaban J connectivity index is 0.000000161. The van der Waals surface area contributed by atoms with Gasteiger partial charge in [-0.05, 0) is 65.8 Å². The van der Waals surface area contributed by atoms with Crippen LogP contribution in [0.1, 0.15) is 61.3 Å². The van der Waals surface area contributed by atoms with E-state index in [1.54, 1.807) is 0 Å². The number of rotatable bonds is 4. The highest BCUT2D eigenvalue weighted by Gasteiger charge is 2.43. The minimum absolute atomic E-state index is 0.0157. The lowest BCUT2D eigenvalue weighted by Crippen LogP contribution is -2.26. The maximum atomic E-state index is 8.52. The molecular formula is C44H46N4O4S. The van der Waals surface area contributed by atoms with Gasteiger partial charge in [0.25, 0.3) is 0 Å². The Bertz CT molecular complexity index is 2420. The predicted octanol–water partition coefficient (Wildman–Crippen LogP) is 9.05. The zero-order chi connectivity index (χ0) is 38.3. The van der Waals surface area contributed by atoms with Crippen LogP contribution in [0.15, 0.2) is 109 Å². The average Bonchev–Trinajstić information content (AvgIpc) is 3.73. The number of aryl methyl sites for hydroxylation is 2. The van der Waals surface area contributed by atoms with E-state index in [2.05, 4.69) is 196 Å². The molecule has 0 radical (unpaired) electrons. The normalized spacial score (nSPS) is 15.9. The Morgan fingerprint density at radius 3 is 1.23 bits per heavy atom. The molecule has 2 aliphatic heterocycles. The molecule has 4 aromatic carbocycles. The summed E-state index contributed by atoms with van der Waals surface area (Å²) in [4.78, 5) is 6.95. The number of aromatic amines is 2. The molecule has 0 bridgehead atoms. The average molecular weight is 727 g/mol. The van der Waals surface area contributed by atoms with E-state index in [1.807, 2.05) is 0 Å². The first-order valence-corrected chi connectivity index (χ1v) is 18.9. The molecule has 2 aromatic heterocycles. The monoisotopic (exact) mass is 726 g/mol. The third-order valence-corrected chi connectivity index (χ3v) is 10.6. The molecule has 8 nitrogen and oxygen atoms in total. The van der Waals surface area contributed by atoms with Crippen LogP contribution in [0.5, 0.6) is 0 Å². The van der Waals surface area contributed by atoms with Crippen LogP contribution < -0.4 is 0 Å². The van der Waals surface area contributed by atoms with Crippen LogP contribution in [-0.4, -0.2) is 62.2 Å². The molecule has 272 valence electrons. The standard InChI is InChI=1S/2C22H22N2.H2O4S/c2*1-15-16(17-9-5-7-11-19(17)23-15)13-14-21-22(2,3)18-10-6-8-12-20(18)24(21)4;1-5(2,3)4/h2*5-14H,1-4H3;(H2,1,2,3,4). The number of hydrogen-bond acceptors (Lipinski definition) is 4. The first-order chi connectivity index (χ1) is 25.0. The Morgan fingerprint density at radius 1 is 0.547 bits per heavy atom. The Hall–Kier alpha value is -5.35. The SMILES string of the molecule is Cc1[nH]c2ccccc2c1C=CC1=[N+](C)c2ccccc2C1(C)C.Cc1[nH]c2ccccc2c1C=CC1=[N+](C)c2ccccc2C1(C)C.O=S(=O)([O-])[O-]. The van der Waals surface area contributed by atoms with Crippen molar-refractivity contribution in [2.75, 3.05) is 14.1 Å². The number of fused-ring (bicyclic) bond motifs is 4. The molecule has 6 aromatic rings. The van der Waals surface area contributed by atoms with E-state index in [-0.39, 0.29) is 10.8 Å². The van der Waals surface area contributed by atoms with E-state index >= 15 is 0 Å². The number of para-hydroxylation sites is 4. The van der Waals surface area contributed by atoms with Gasteiger partial charge in [-0.15, -0.1) is 0 Å². The Labute approximate surface area is 312 Å². The molecule has 53 heavy (non-hydrogen) atoms. The van der Waals surface area contributed by atoms with Gasteiger partial charge in [0.2, 0.25) is 11.4 Å². The van der Waals surface area contributed by atoms with Crippen molar-refractivity contribution in [2.24, 2.45) is 0 Å². The van der Waals surface area contributed by atoms with Gasteiger partial charge in [0, 0.05) is 90.1 Å². The molecule has 0 fully saturated rings. The third-order valence-electron chi connectivity index (χ3n) is 10.6. The van der Waals surface area contributed by atoms with E-state index < -0.39 is 10.4 Å². The van der Waals surface area contributed by atoms with Crippen LogP contribution in [0.4, 0.5) is 11.4 Å². The summed E-state index contributed by atoms with van der Waals surface area (Å²) >= 11 is 0. The van der Waals surface area contributed by atoms with Crippen LogP contribution in [0.25, 0.3) is 34.0 Å². The molecular weight excluding hydrogens is 681 g/mol. The van der Waals surface area contributed by atoms with E-state index in [9.17, 15) is 0 Å². The van der Waals surface area contributed by atoms with Crippen LogP contribution >= 0.6 is 0 Å². The van der Waals surface area contributed by atoms with Crippen molar-refractivity contribution in [3.63, 3.8) is 0 Å². The summed E-state index contributed by atoms with van der Waals surface area (Å²) in [6.07, 6.45) is 9.08. The number of hydrogen-bond donors (Lipinski definition) is 2. The molecule has 9 heteroatoms. The van der Waals surface area contributed by atoms with Crippen molar-refractivity contribution in [1.82, 2.24) is 9.97 Å². The third kappa shape index (κ3) is 7.33. The molecule has 0 amide bonds. The van der Waals surface area contributed by atoms with Crippen LogP contribution in [0.2, 0.25) is 0 Å². The van der Waals surface area contributed by atoms with Gasteiger partial charge in [-0.2, -0.15) is 9.15 Å². The second-order valence-corrected chi connectivity index (χ2v) is 15.5. The summed E-state index contributed by atoms with van der Waals surface area (Å²) in [6.45, 7) is 13.5. The fraction of sp³-hybridized carbons (Fsp3) is 0.227. The molecule has 0 saturated heterocycles. The highest BCUT2D eigenvalue weighted by molar-refractivity contribution is 7.79. The van der Waals surface area contributed by atoms with Gasteiger partial charge in [0.15, 0.2) is 11.4 Å². The van der Waals surface area contributed by atoms with Crippen molar-refractivity contribution in [2.45, 2.75) is 52.4 Å². The van der Waals surface area contributed by atoms with E-state index in [0.29, 0.717) is 0 Å². The van der Waals surface area contributed by atoms with Gasteiger partial charge >= 0.3 is 0 Å². The van der Waals surface area contributed by atoms with Gasteiger partial charge in [-0.3, -0.25) is 8.42 Å². The van der Waals surface area contributed by atoms with Crippen molar-refractivity contribution in [3.8, 4) is 0 Å². The van der Waals surface area contributed by atoms with Gasteiger partial charge in [-0.1, -0.05) is 72.8 Å². The number of allylic oxidation sites excluding steroid dienone is 2. The largest absolute Gasteiger partial charge is 0.759 e. The number of H-pyrrole nitrogens is 2. The predicted molar refractivity (Wildman–Crippen MR) is 215 cm³/mol. The minimum Gasteiger partial charge on any atom is -0.759 e. The van der Waals surface area contributed by atoms with Crippen molar-refractivity contribution in [3.05, 3.63) is 143 Å². The maximum absolute atomic E-state index is 8.52. The number of aromatic nitrogens is 2. The fourth-order valence-corrected chi connectivity index (χ4v) is 7.95. The Morgan fingerprint density at radius 2 is 0.868 bits per heavy atom. The van der Waals surface area contributed by atoms with E-state index in [0.717, 1.165) is 0 Å². The smallest absolute Gasteiger partial charge is 0.209 e. The first-order valence-electron chi connectivity index (χ1n) is 17.6. The number of benzene rings is 4. The summed E-state index contributed by atoms with van der Waals surface area (Å²) < 4.78 is 38.7. The summed E-state index contributed by atoms with van der Waals surface area (Å²) in [7, 11) is -0.843. The van der Waals surface area contributed by atoms with Crippen molar-refractivity contribution in [1.29, 1.82) is 0 Å². The Kier molecular flexibility index (Phi) is 10.0. The summed E-state index contributed by atoms with van der Waals surface area (Å²) in [5, 5.41) is 2.56. The first kappa shape index (κ1) is 37.4. The zero-order valence-electron chi connectivity index (χ0n) is 31.5. The topological polar surface area (TPSA) is 118 Å². The van der Waals surface area contributed by atoms with Gasteiger partial charge in [0.1, 0.15) is 14.1 Å². The molecule has 0 atom stereocenters. The highest BCUT2D eigenvalue weighted by Crippen LogP contribution is 2.40.